The molecule has 2 unspecified atom stereocenters. The van der Waals surface area contributed by atoms with Gasteiger partial charge in [-0.2, -0.15) is 8.42 Å². The van der Waals surface area contributed by atoms with Gasteiger partial charge in [-0.25, -0.2) is 0 Å². The minimum atomic E-state index is -3.91. The molecule has 0 aromatic carbocycles. The van der Waals surface area contributed by atoms with Crippen molar-refractivity contribution in [1.29, 1.82) is 0 Å². The standard InChI is InChI=1S/C12H26O4S/c1-3-5-9-12(17(14,15)16)10-7-6-8-11(13)4-2/h11-13H,3-10H2,1-2H3,(H,14,15,16). The van der Waals surface area contributed by atoms with E-state index >= 15 is 0 Å². The van der Waals surface area contributed by atoms with Crippen LogP contribution in [0.15, 0.2) is 0 Å². The fourth-order valence-corrected chi connectivity index (χ4v) is 2.76. The van der Waals surface area contributed by atoms with Crippen LogP contribution in [0.1, 0.15) is 65.2 Å². The van der Waals surface area contributed by atoms with Crippen LogP contribution in [0.3, 0.4) is 0 Å². The molecule has 0 bridgehead atoms. The number of unbranched alkanes of at least 4 members (excludes halogenated alkanes) is 2. The van der Waals surface area contributed by atoms with E-state index in [9.17, 15) is 13.5 Å². The highest BCUT2D eigenvalue weighted by Crippen LogP contribution is 2.17. The first kappa shape index (κ1) is 16.9. The van der Waals surface area contributed by atoms with E-state index in [1.54, 1.807) is 0 Å². The van der Waals surface area contributed by atoms with Gasteiger partial charge < -0.3 is 5.11 Å². The molecule has 0 aliphatic heterocycles. The first-order valence-electron chi connectivity index (χ1n) is 6.56. The Morgan fingerprint density at radius 2 is 1.53 bits per heavy atom. The zero-order valence-corrected chi connectivity index (χ0v) is 11.7. The van der Waals surface area contributed by atoms with Crippen LogP contribution in [-0.4, -0.2) is 29.4 Å². The summed E-state index contributed by atoms with van der Waals surface area (Å²) >= 11 is 0. The van der Waals surface area contributed by atoms with Gasteiger partial charge in [0, 0.05) is 0 Å². The van der Waals surface area contributed by atoms with Crippen molar-refractivity contribution in [2.75, 3.05) is 0 Å². The maximum absolute atomic E-state index is 11.1. The molecule has 0 rings (SSSR count). The van der Waals surface area contributed by atoms with Crippen LogP contribution in [-0.2, 0) is 10.1 Å². The second kappa shape index (κ2) is 8.89. The molecule has 0 radical (unpaired) electrons. The first-order chi connectivity index (χ1) is 7.91. The van der Waals surface area contributed by atoms with Crippen molar-refractivity contribution in [3.05, 3.63) is 0 Å². The molecule has 5 heteroatoms. The number of aliphatic hydroxyl groups excluding tert-OH is 1. The van der Waals surface area contributed by atoms with Gasteiger partial charge in [-0.1, -0.05) is 39.5 Å². The molecule has 0 aromatic rings. The lowest BCUT2D eigenvalue weighted by Crippen LogP contribution is -2.20. The highest BCUT2D eigenvalue weighted by Gasteiger charge is 2.21. The Bertz CT molecular complexity index is 274. The minimum absolute atomic E-state index is 0.283. The van der Waals surface area contributed by atoms with Crippen molar-refractivity contribution < 1.29 is 18.1 Å². The van der Waals surface area contributed by atoms with E-state index in [1.807, 2.05) is 13.8 Å². The summed E-state index contributed by atoms with van der Waals surface area (Å²) < 4.78 is 31.3. The minimum Gasteiger partial charge on any atom is -0.393 e. The lowest BCUT2D eigenvalue weighted by molar-refractivity contribution is 0.156. The second-order valence-electron chi connectivity index (χ2n) is 4.63. The summed E-state index contributed by atoms with van der Waals surface area (Å²) in [6.07, 6.45) is 5.50. The van der Waals surface area contributed by atoms with E-state index in [0.29, 0.717) is 19.3 Å². The molecule has 2 N–H and O–H groups in total. The number of aliphatic hydroxyl groups is 1. The Balaban J connectivity index is 3.93. The molecule has 4 nitrogen and oxygen atoms in total. The van der Waals surface area contributed by atoms with E-state index in [2.05, 4.69) is 0 Å². The molecule has 17 heavy (non-hydrogen) atoms. The van der Waals surface area contributed by atoms with E-state index in [1.165, 1.54) is 0 Å². The molecule has 0 aromatic heterocycles. The van der Waals surface area contributed by atoms with E-state index < -0.39 is 15.4 Å². The van der Waals surface area contributed by atoms with Crippen LogP contribution in [0.2, 0.25) is 0 Å². The second-order valence-corrected chi connectivity index (χ2v) is 6.32. The molecule has 0 saturated carbocycles. The maximum Gasteiger partial charge on any atom is 0.267 e. The molecule has 0 spiro atoms. The zero-order chi connectivity index (χ0) is 13.3. The van der Waals surface area contributed by atoms with Crippen molar-refractivity contribution in [1.82, 2.24) is 0 Å². The average Bonchev–Trinajstić information content (AvgIpc) is 2.25. The van der Waals surface area contributed by atoms with Crippen molar-refractivity contribution in [2.24, 2.45) is 0 Å². The van der Waals surface area contributed by atoms with Gasteiger partial charge in [0.2, 0.25) is 0 Å². The smallest absolute Gasteiger partial charge is 0.267 e. The SMILES string of the molecule is CCCCC(CCCCC(O)CC)S(=O)(=O)O. The predicted octanol–water partition coefficient (Wildman–Crippen LogP) is 2.76. The zero-order valence-electron chi connectivity index (χ0n) is 10.9. The Morgan fingerprint density at radius 1 is 1.00 bits per heavy atom. The van der Waals surface area contributed by atoms with Crippen molar-refractivity contribution in [3.8, 4) is 0 Å². The van der Waals surface area contributed by atoms with Gasteiger partial charge in [-0.3, -0.25) is 4.55 Å². The van der Waals surface area contributed by atoms with E-state index in [0.717, 1.165) is 32.1 Å². The largest absolute Gasteiger partial charge is 0.393 e. The summed E-state index contributed by atoms with van der Waals surface area (Å²) in [7, 11) is -3.91. The third-order valence-electron chi connectivity index (χ3n) is 3.09. The van der Waals surface area contributed by atoms with Gasteiger partial charge in [0.15, 0.2) is 0 Å². The average molecular weight is 266 g/mol. The van der Waals surface area contributed by atoms with Crippen molar-refractivity contribution >= 4 is 10.1 Å². The molecule has 2 atom stereocenters. The van der Waals surface area contributed by atoms with Crippen LogP contribution < -0.4 is 0 Å². The maximum atomic E-state index is 11.1. The molecule has 0 saturated heterocycles. The molecule has 0 aliphatic carbocycles. The Hall–Kier alpha value is -0.130. The number of hydrogen-bond donors (Lipinski definition) is 2. The highest BCUT2D eigenvalue weighted by molar-refractivity contribution is 7.86. The Labute approximate surface area is 105 Å². The third-order valence-corrected chi connectivity index (χ3v) is 4.40. The summed E-state index contributed by atoms with van der Waals surface area (Å²) in [6.45, 7) is 3.92. The van der Waals surface area contributed by atoms with Gasteiger partial charge in [0.25, 0.3) is 10.1 Å². The summed E-state index contributed by atoms with van der Waals surface area (Å²) in [5.41, 5.74) is 0. The van der Waals surface area contributed by atoms with E-state index in [-0.39, 0.29) is 6.10 Å². The molecular weight excluding hydrogens is 240 g/mol. The van der Waals surface area contributed by atoms with Crippen molar-refractivity contribution in [3.63, 3.8) is 0 Å². The predicted molar refractivity (Wildman–Crippen MR) is 69.6 cm³/mol. The fraction of sp³-hybridized carbons (Fsp3) is 1.00. The molecular formula is C12H26O4S. The summed E-state index contributed by atoms with van der Waals surface area (Å²) in [6, 6.07) is 0. The van der Waals surface area contributed by atoms with Crippen LogP contribution in [0.4, 0.5) is 0 Å². The lowest BCUT2D eigenvalue weighted by atomic mass is 10.1. The molecule has 0 fully saturated rings. The first-order valence-corrected chi connectivity index (χ1v) is 8.06. The Kier molecular flexibility index (Phi) is 8.82. The summed E-state index contributed by atoms with van der Waals surface area (Å²) in [4.78, 5) is 0. The quantitative estimate of drug-likeness (QED) is 0.471. The van der Waals surface area contributed by atoms with Crippen LogP contribution >= 0.6 is 0 Å². The normalized spacial score (nSPS) is 15.8. The van der Waals surface area contributed by atoms with Gasteiger partial charge in [-0.15, -0.1) is 0 Å². The monoisotopic (exact) mass is 266 g/mol. The van der Waals surface area contributed by atoms with Gasteiger partial charge in [0.1, 0.15) is 0 Å². The number of hydrogen-bond acceptors (Lipinski definition) is 3. The topological polar surface area (TPSA) is 74.6 Å². The van der Waals surface area contributed by atoms with Crippen LogP contribution in [0.25, 0.3) is 0 Å². The molecule has 0 amide bonds. The van der Waals surface area contributed by atoms with Gasteiger partial charge in [0.05, 0.1) is 11.4 Å². The molecule has 0 heterocycles. The van der Waals surface area contributed by atoms with E-state index in [4.69, 9.17) is 4.55 Å². The molecule has 104 valence electrons. The molecule has 0 aliphatic rings. The summed E-state index contributed by atoms with van der Waals surface area (Å²) in [5.74, 6) is 0. The lowest BCUT2D eigenvalue weighted by Gasteiger charge is -2.13. The van der Waals surface area contributed by atoms with Gasteiger partial charge in [-0.05, 0) is 25.7 Å². The Morgan fingerprint density at radius 3 is 2.00 bits per heavy atom. The van der Waals surface area contributed by atoms with Gasteiger partial charge >= 0.3 is 0 Å². The summed E-state index contributed by atoms with van der Waals surface area (Å²) in [5, 5.41) is 8.73. The third kappa shape index (κ3) is 8.57. The van der Waals surface area contributed by atoms with Crippen LogP contribution in [0.5, 0.6) is 0 Å². The number of rotatable bonds is 10. The van der Waals surface area contributed by atoms with Crippen LogP contribution in [0, 0.1) is 0 Å². The highest BCUT2D eigenvalue weighted by atomic mass is 32.2. The fourth-order valence-electron chi connectivity index (χ4n) is 1.83. The van der Waals surface area contributed by atoms with Crippen molar-refractivity contribution in [2.45, 2.75) is 76.6 Å².